The lowest BCUT2D eigenvalue weighted by molar-refractivity contribution is -0.137. The number of hydrogen-bond acceptors (Lipinski definition) is 5. The molecule has 34 heavy (non-hydrogen) atoms. The summed E-state index contributed by atoms with van der Waals surface area (Å²) >= 11 is 0. The average Bonchev–Trinajstić information content (AvgIpc) is 3.35. The van der Waals surface area contributed by atoms with Gasteiger partial charge in [0.1, 0.15) is 5.69 Å². The van der Waals surface area contributed by atoms with Crippen molar-refractivity contribution in [3.8, 4) is 0 Å². The second-order valence-corrected chi connectivity index (χ2v) is 9.17. The van der Waals surface area contributed by atoms with E-state index >= 15 is 0 Å². The topological polar surface area (TPSA) is 87.4 Å². The number of anilines is 1. The number of aryl methyl sites for hydroxylation is 1. The molecular weight excluding hydrogens is 447 g/mol. The Morgan fingerprint density at radius 1 is 1.29 bits per heavy atom. The molecule has 2 heterocycles. The van der Waals surface area contributed by atoms with Gasteiger partial charge in [-0.2, -0.15) is 13.2 Å². The molecule has 3 N–H and O–H groups in total. The van der Waals surface area contributed by atoms with Crippen LogP contribution in [0.1, 0.15) is 30.9 Å². The normalized spacial score (nSPS) is 22.5. The Morgan fingerprint density at radius 2 is 2.00 bits per heavy atom. The minimum absolute atomic E-state index is 0.0679. The number of allylic oxidation sites excluding steroid dienone is 2. The first-order valence-corrected chi connectivity index (χ1v) is 11.1. The first-order valence-electron chi connectivity index (χ1n) is 11.1. The summed E-state index contributed by atoms with van der Waals surface area (Å²) in [7, 11) is 0. The highest BCUT2D eigenvalue weighted by Gasteiger charge is 2.60. The van der Waals surface area contributed by atoms with Crippen LogP contribution < -0.4 is 22.1 Å². The highest BCUT2D eigenvalue weighted by molar-refractivity contribution is 5.44. The number of nitrogens with zero attached hydrogens (tertiary/aromatic N) is 3. The molecule has 1 saturated heterocycles. The number of hydrazine groups is 1. The van der Waals surface area contributed by atoms with E-state index in [2.05, 4.69) is 16.5 Å². The highest BCUT2D eigenvalue weighted by atomic mass is 19.4. The zero-order valence-corrected chi connectivity index (χ0v) is 18.9. The molecule has 1 aromatic heterocycles. The number of piperidine rings is 1. The van der Waals surface area contributed by atoms with E-state index in [1.54, 1.807) is 31.3 Å². The number of likely N-dealkylation sites (tertiary alicyclic amines) is 1. The van der Waals surface area contributed by atoms with Gasteiger partial charge >= 0.3 is 11.9 Å². The van der Waals surface area contributed by atoms with Crippen LogP contribution in [-0.2, 0) is 18.1 Å². The number of aromatic nitrogens is 2. The van der Waals surface area contributed by atoms with Crippen LogP contribution in [0.15, 0.2) is 64.5 Å². The van der Waals surface area contributed by atoms with Crippen LogP contribution in [0.3, 0.4) is 0 Å². The van der Waals surface area contributed by atoms with E-state index in [4.69, 9.17) is 5.84 Å². The van der Waals surface area contributed by atoms with Crippen molar-refractivity contribution in [3.05, 3.63) is 86.9 Å². The van der Waals surface area contributed by atoms with Crippen LogP contribution in [0.2, 0.25) is 0 Å². The van der Waals surface area contributed by atoms with Crippen LogP contribution >= 0.6 is 0 Å². The maximum absolute atomic E-state index is 12.9. The van der Waals surface area contributed by atoms with Gasteiger partial charge in [-0.15, -0.1) is 0 Å². The summed E-state index contributed by atoms with van der Waals surface area (Å²) in [6, 6.07) is 5.53. The standard InChI is InChI=1S/C24H28F3N5O2/c1-3-16(2)12-32(28)20-14-31(22(34)29-21(20)33)10-4-9-30-13-19-11-23(19,15-30)17-5-7-18(8-6-17)24(25,26)27/h3,5-8,12,14,19H,1,4,9-11,13,15,28H2,2H3,(H,29,33,34)/b16-12-/t19-,23+/m0/s1. The second kappa shape index (κ2) is 8.92. The lowest BCUT2D eigenvalue weighted by Gasteiger charge is -2.21. The van der Waals surface area contributed by atoms with Crippen LogP contribution in [0.25, 0.3) is 0 Å². The van der Waals surface area contributed by atoms with E-state index in [0.717, 1.165) is 54.3 Å². The van der Waals surface area contributed by atoms with E-state index in [0.29, 0.717) is 18.9 Å². The van der Waals surface area contributed by atoms with E-state index < -0.39 is 23.0 Å². The third kappa shape index (κ3) is 4.74. The number of halogens is 3. The van der Waals surface area contributed by atoms with Crippen molar-refractivity contribution in [2.45, 2.75) is 37.9 Å². The van der Waals surface area contributed by atoms with Crippen molar-refractivity contribution in [2.75, 3.05) is 24.6 Å². The average molecular weight is 476 g/mol. The van der Waals surface area contributed by atoms with E-state index in [-0.39, 0.29) is 11.1 Å². The predicted molar refractivity (Wildman–Crippen MR) is 124 cm³/mol. The summed E-state index contributed by atoms with van der Waals surface area (Å²) < 4.78 is 40.0. The molecule has 1 aromatic carbocycles. The Labute approximate surface area is 195 Å². The van der Waals surface area contributed by atoms with Crippen LogP contribution in [0.5, 0.6) is 0 Å². The molecule has 2 aliphatic rings. The van der Waals surface area contributed by atoms with Gasteiger partial charge in [0, 0.05) is 37.4 Å². The van der Waals surface area contributed by atoms with E-state index in [9.17, 15) is 22.8 Å². The Bertz CT molecular complexity index is 1210. The van der Waals surface area contributed by atoms with Crippen molar-refractivity contribution in [3.63, 3.8) is 0 Å². The monoisotopic (exact) mass is 475 g/mol. The molecule has 1 aliphatic carbocycles. The van der Waals surface area contributed by atoms with Gasteiger partial charge in [-0.25, -0.2) is 10.6 Å². The summed E-state index contributed by atoms with van der Waals surface area (Å²) in [5.74, 6) is 6.39. The number of hydrogen-bond donors (Lipinski definition) is 2. The molecule has 1 aliphatic heterocycles. The van der Waals surface area contributed by atoms with Crippen LogP contribution in [0.4, 0.5) is 18.9 Å². The largest absolute Gasteiger partial charge is 0.416 e. The molecule has 2 fully saturated rings. The number of fused-ring (bicyclic) bond motifs is 1. The molecule has 7 nitrogen and oxygen atoms in total. The number of alkyl halides is 3. The lowest BCUT2D eigenvalue weighted by Crippen LogP contribution is -2.37. The molecule has 0 unspecified atom stereocenters. The summed E-state index contributed by atoms with van der Waals surface area (Å²) in [4.78, 5) is 29.0. The van der Waals surface area contributed by atoms with Gasteiger partial charge in [0.2, 0.25) is 0 Å². The molecular formula is C24H28F3N5O2. The number of aromatic amines is 1. The van der Waals surface area contributed by atoms with Gasteiger partial charge in [-0.3, -0.25) is 19.4 Å². The van der Waals surface area contributed by atoms with Gasteiger partial charge in [0.15, 0.2) is 0 Å². The van der Waals surface area contributed by atoms with E-state index in [1.165, 1.54) is 10.8 Å². The van der Waals surface area contributed by atoms with Crippen molar-refractivity contribution >= 4 is 5.69 Å². The number of benzene rings is 1. The Morgan fingerprint density at radius 3 is 2.65 bits per heavy atom. The number of rotatable bonds is 8. The van der Waals surface area contributed by atoms with Gasteiger partial charge in [-0.05, 0) is 55.5 Å². The first kappa shape index (κ1) is 24.0. The third-order valence-electron chi connectivity index (χ3n) is 6.81. The summed E-state index contributed by atoms with van der Waals surface area (Å²) in [5.41, 5.74) is 0.0874. The van der Waals surface area contributed by atoms with Gasteiger partial charge in [0.25, 0.3) is 5.56 Å². The molecule has 4 rings (SSSR count). The number of nitrogens with one attached hydrogen (secondary N) is 1. The maximum Gasteiger partial charge on any atom is 0.416 e. The molecule has 2 atom stereocenters. The summed E-state index contributed by atoms with van der Waals surface area (Å²) in [6.45, 7) is 8.24. The van der Waals surface area contributed by atoms with Gasteiger partial charge in [-0.1, -0.05) is 24.8 Å². The van der Waals surface area contributed by atoms with Crippen molar-refractivity contribution < 1.29 is 13.2 Å². The fourth-order valence-electron chi connectivity index (χ4n) is 4.85. The summed E-state index contributed by atoms with van der Waals surface area (Å²) in [5, 5.41) is 1.16. The first-order chi connectivity index (χ1) is 16.0. The molecule has 10 heteroatoms. The molecule has 0 bridgehead atoms. The minimum Gasteiger partial charge on any atom is -0.302 e. The number of H-pyrrole nitrogens is 1. The van der Waals surface area contributed by atoms with Crippen LogP contribution in [0, 0.1) is 5.92 Å². The minimum atomic E-state index is -4.33. The molecule has 1 saturated carbocycles. The fraction of sp³-hybridized carbons (Fsp3) is 0.417. The lowest BCUT2D eigenvalue weighted by atomic mass is 9.94. The molecule has 2 aromatic rings. The Balaban J connectivity index is 1.37. The molecule has 0 amide bonds. The smallest absolute Gasteiger partial charge is 0.302 e. The van der Waals surface area contributed by atoms with Crippen molar-refractivity contribution in [1.29, 1.82) is 0 Å². The Kier molecular flexibility index (Phi) is 6.30. The van der Waals surface area contributed by atoms with Gasteiger partial charge < -0.3 is 4.90 Å². The SMILES string of the molecule is C=C/C(C)=C\N(N)c1cn(CCCN2C[C@@H]3C[C@]3(c3ccc(C(F)(F)F)cc3)C2)c(=O)[nH]c1=O. The molecule has 0 radical (unpaired) electrons. The summed E-state index contributed by atoms with van der Waals surface area (Å²) in [6.07, 6.45) is 1.92. The second-order valence-electron chi connectivity index (χ2n) is 9.17. The number of nitrogens with two attached hydrogens (primary N) is 1. The van der Waals surface area contributed by atoms with Crippen molar-refractivity contribution in [2.24, 2.45) is 11.8 Å². The molecule has 182 valence electrons. The zero-order valence-electron chi connectivity index (χ0n) is 18.9. The van der Waals surface area contributed by atoms with E-state index in [1.807, 2.05) is 0 Å². The Hall–Kier alpha value is -3.11. The highest BCUT2D eigenvalue weighted by Crippen LogP contribution is 2.59. The predicted octanol–water partition coefficient (Wildman–Crippen LogP) is 2.99. The zero-order chi connectivity index (χ0) is 24.7. The third-order valence-corrected chi connectivity index (χ3v) is 6.81. The quantitative estimate of drug-likeness (QED) is 0.348. The van der Waals surface area contributed by atoms with Gasteiger partial charge in [0.05, 0.1) is 5.56 Å². The van der Waals surface area contributed by atoms with Crippen molar-refractivity contribution in [1.82, 2.24) is 14.5 Å². The fourth-order valence-corrected chi connectivity index (χ4v) is 4.85. The molecule has 0 spiro atoms. The van der Waals surface area contributed by atoms with Crippen LogP contribution in [-0.4, -0.2) is 34.1 Å². The maximum atomic E-state index is 12.9.